The lowest BCUT2D eigenvalue weighted by molar-refractivity contribution is -0.303. The zero-order chi connectivity index (χ0) is 17.7. The molecule has 1 aliphatic heterocycles. The van der Waals surface area contributed by atoms with Crippen LogP contribution in [0.5, 0.6) is 0 Å². The molecule has 1 heterocycles. The summed E-state index contributed by atoms with van der Waals surface area (Å²) in [5.41, 5.74) is 0. The Morgan fingerprint density at radius 2 is 1.83 bits per heavy atom. The van der Waals surface area contributed by atoms with Crippen molar-refractivity contribution in [3.63, 3.8) is 0 Å². The van der Waals surface area contributed by atoms with Crippen LogP contribution in [0, 0.1) is 0 Å². The fourth-order valence-corrected chi connectivity index (χ4v) is 2.23. The molecule has 136 valence electrons. The van der Waals surface area contributed by atoms with Gasteiger partial charge in [0.2, 0.25) is 5.91 Å². The Morgan fingerprint density at radius 1 is 1.22 bits per heavy atom. The van der Waals surface area contributed by atoms with Crippen LogP contribution in [0.1, 0.15) is 13.8 Å². The number of carbonyl (C=O) groups excluding carboxylic acids is 1. The SMILES string of the molecule is CC(=O)N[C@@H](COC1OC(CO)C(O)C(O)[C@@H]1O)[C@H](O)[C@@H](C)O. The van der Waals surface area contributed by atoms with E-state index in [-0.39, 0.29) is 6.61 Å². The third-order valence-corrected chi connectivity index (χ3v) is 3.58. The smallest absolute Gasteiger partial charge is 0.217 e. The molecular weight excluding hydrogens is 314 g/mol. The molecule has 7 N–H and O–H groups in total. The molecule has 0 aliphatic carbocycles. The Bertz CT molecular complexity index is 378. The van der Waals surface area contributed by atoms with Crippen molar-refractivity contribution in [1.82, 2.24) is 5.32 Å². The fraction of sp³-hybridized carbons (Fsp3) is 0.923. The van der Waals surface area contributed by atoms with E-state index in [4.69, 9.17) is 14.6 Å². The van der Waals surface area contributed by atoms with Crippen LogP contribution in [0.25, 0.3) is 0 Å². The lowest BCUT2D eigenvalue weighted by atomic mass is 9.99. The van der Waals surface area contributed by atoms with E-state index in [9.17, 15) is 30.3 Å². The van der Waals surface area contributed by atoms with Crippen LogP contribution in [-0.2, 0) is 14.3 Å². The molecule has 10 nitrogen and oxygen atoms in total. The van der Waals surface area contributed by atoms with Crippen LogP contribution in [0.4, 0.5) is 0 Å². The standard InChI is InChI=1S/C13H25NO9/c1-5(16)9(18)7(14-6(2)17)4-22-13-12(21)11(20)10(19)8(3-15)23-13/h5,7-13,15-16,18-21H,3-4H2,1-2H3,(H,14,17)/t5-,7+,8?,9-,10?,11?,12+,13?/m1/s1. The predicted molar refractivity (Wildman–Crippen MR) is 75.0 cm³/mol. The normalized spacial score (nSPS) is 35.4. The summed E-state index contributed by atoms with van der Waals surface area (Å²) in [5, 5.41) is 59.8. The lowest BCUT2D eigenvalue weighted by Crippen LogP contribution is -2.60. The van der Waals surface area contributed by atoms with Crippen molar-refractivity contribution in [1.29, 1.82) is 0 Å². The van der Waals surface area contributed by atoms with E-state index in [0.29, 0.717) is 0 Å². The Kier molecular flexibility index (Phi) is 7.77. The lowest BCUT2D eigenvalue weighted by Gasteiger charge is -2.40. The highest BCUT2D eigenvalue weighted by atomic mass is 16.7. The number of nitrogens with one attached hydrogen (secondary N) is 1. The third kappa shape index (κ3) is 5.33. The molecule has 1 fully saturated rings. The van der Waals surface area contributed by atoms with Crippen LogP contribution in [0.3, 0.4) is 0 Å². The van der Waals surface area contributed by atoms with Crippen LogP contribution < -0.4 is 5.32 Å². The van der Waals surface area contributed by atoms with Gasteiger partial charge in [-0.2, -0.15) is 0 Å². The van der Waals surface area contributed by atoms with Crippen molar-refractivity contribution in [3.05, 3.63) is 0 Å². The number of aliphatic hydroxyl groups excluding tert-OH is 6. The van der Waals surface area contributed by atoms with Gasteiger partial charge in [0.1, 0.15) is 30.5 Å². The highest BCUT2D eigenvalue weighted by molar-refractivity contribution is 5.73. The number of carbonyl (C=O) groups is 1. The first-order valence-electron chi connectivity index (χ1n) is 7.24. The first-order chi connectivity index (χ1) is 10.7. The van der Waals surface area contributed by atoms with Crippen LogP contribution in [0.15, 0.2) is 0 Å². The average Bonchev–Trinajstić information content (AvgIpc) is 2.49. The van der Waals surface area contributed by atoms with Crippen molar-refractivity contribution >= 4 is 5.91 Å². The first kappa shape index (κ1) is 20.2. The van der Waals surface area contributed by atoms with Gasteiger partial charge < -0.3 is 45.4 Å². The fourth-order valence-electron chi connectivity index (χ4n) is 2.23. The van der Waals surface area contributed by atoms with E-state index < -0.39 is 61.5 Å². The van der Waals surface area contributed by atoms with E-state index in [1.165, 1.54) is 13.8 Å². The Hall–Kier alpha value is -0.850. The van der Waals surface area contributed by atoms with E-state index >= 15 is 0 Å². The topological polar surface area (TPSA) is 169 Å². The molecule has 4 unspecified atom stereocenters. The zero-order valence-corrected chi connectivity index (χ0v) is 12.9. The molecule has 23 heavy (non-hydrogen) atoms. The third-order valence-electron chi connectivity index (χ3n) is 3.58. The van der Waals surface area contributed by atoms with Crippen molar-refractivity contribution in [3.8, 4) is 0 Å². The second-order valence-electron chi connectivity index (χ2n) is 5.57. The minimum Gasteiger partial charge on any atom is -0.394 e. The van der Waals surface area contributed by atoms with E-state index in [1.54, 1.807) is 0 Å². The second kappa shape index (κ2) is 8.85. The molecule has 1 rings (SSSR count). The largest absolute Gasteiger partial charge is 0.394 e. The van der Waals surface area contributed by atoms with Gasteiger partial charge in [-0.25, -0.2) is 0 Å². The number of aliphatic hydroxyl groups is 6. The van der Waals surface area contributed by atoms with Gasteiger partial charge >= 0.3 is 0 Å². The van der Waals surface area contributed by atoms with E-state index in [2.05, 4.69) is 5.32 Å². The summed E-state index contributed by atoms with van der Waals surface area (Å²) in [6.07, 6.45) is -9.68. The summed E-state index contributed by atoms with van der Waals surface area (Å²) in [7, 11) is 0. The molecule has 1 saturated heterocycles. The molecule has 1 amide bonds. The number of amides is 1. The van der Waals surface area contributed by atoms with Crippen molar-refractivity contribution in [2.75, 3.05) is 13.2 Å². The molecule has 0 spiro atoms. The molecular formula is C13H25NO9. The quantitative estimate of drug-likeness (QED) is 0.245. The van der Waals surface area contributed by atoms with Gasteiger partial charge in [-0.1, -0.05) is 0 Å². The minimum atomic E-state index is -1.59. The Labute approximate surface area is 133 Å². The number of hydrogen-bond acceptors (Lipinski definition) is 9. The summed E-state index contributed by atoms with van der Waals surface area (Å²) in [4.78, 5) is 11.1. The minimum absolute atomic E-state index is 0.339. The van der Waals surface area contributed by atoms with Gasteiger partial charge in [-0.3, -0.25) is 4.79 Å². The van der Waals surface area contributed by atoms with Gasteiger partial charge in [0.25, 0.3) is 0 Å². The summed E-state index contributed by atoms with van der Waals surface area (Å²) in [5.74, 6) is -0.466. The zero-order valence-electron chi connectivity index (χ0n) is 12.9. The van der Waals surface area contributed by atoms with Gasteiger partial charge in [0.15, 0.2) is 6.29 Å². The molecule has 0 saturated carbocycles. The monoisotopic (exact) mass is 339 g/mol. The van der Waals surface area contributed by atoms with Gasteiger partial charge in [0, 0.05) is 6.92 Å². The van der Waals surface area contributed by atoms with Gasteiger partial charge in [0.05, 0.1) is 25.4 Å². The highest BCUT2D eigenvalue weighted by Crippen LogP contribution is 2.22. The molecule has 0 aromatic rings. The Morgan fingerprint density at radius 3 is 2.30 bits per heavy atom. The predicted octanol–water partition coefficient (Wildman–Crippen LogP) is -3.95. The van der Waals surface area contributed by atoms with Crippen LogP contribution >= 0.6 is 0 Å². The number of ether oxygens (including phenoxy) is 2. The average molecular weight is 339 g/mol. The van der Waals surface area contributed by atoms with E-state index in [1.807, 2.05) is 0 Å². The molecule has 1 aliphatic rings. The molecule has 0 radical (unpaired) electrons. The number of rotatable bonds is 7. The summed E-state index contributed by atoms with van der Waals surface area (Å²) < 4.78 is 10.4. The summed E-state index contributed by atoms with van der Waals surface area (Å²) in [6, 6.07) is -0.986. The maximum atomic E-state index is 11.1. The van der Waals surface area contributed by atoms with Crippen molar-refractivity contribution in [2.45, 2.75) is 62.8 Å². The molecule has 0 aromatic carbocycles. The first-order valence-corrected chi connectivity index (χ1v) is 7.24. The van der Waals surface area contributed by atoms with Crippen molar-refractivity contribution in [2.24, 2.45) is 0 Å². The maximum Gasteiger partial charge on any atom is 0.217 e. The van der Waals surface area contributed by atoms with Gasteiger partial charge in [-0.05, 0) is 6.92 Å². The van der Waals surface area contributed by atoms with Crippen LogP contribution in [0.2, 0.25) is 0 Å². The van der Waals surface area contributed by atoms with E-state index in [0.717, 1.165) is 0 Å². The molecule has 0 bridgehead atoms. The molecule has 0 aromatic heterocycles. The Balaban J connectivity index is 2.69. The van der Waals surface area contributed by atoms with Crippen LogP contribution in [-0.4, -0.2) is 98.7 Å². The second-order valence-corrected chi connectivity index (χ2v) is 5.57. The summed E-state index contributed by atoms with van der Waals surface area (Å²) >= 11 is 0. The maximum absolute atomic E-state index is 11.1. The highest BCUT2D eigenvalue weighted by Gasteiger charge is 2.44. The van der Waals surface area contributed by atoms with Gasteiger partial charge in [-0.15, -0.1) is 0 Å². The molecule has 10 heteroatoms. The van der Waals surface area contributed by atoms with Crippen molar-refractivity contribution < 1.29 is 44.9 Å². The molecule has 8 atom stereocenters. The summed E-state index contributed by atoms with van der Waals surface area (Å²) in [6.45, 7) is 1.60. The number of hydrogen-bond donors (Lipinski definition) is 7.